The molecule has 1 heterocycles. The summed E-state index contributed by atoms with van der Waals surface area (Å²) in [6, 6.07) is 16.6. The van der Waals surface area contributed by atoms with Gasteiger partial charge in [-0.05, 0) is 42.3 Å². The third-order valence-corrected chi connectivity index (χ3v) is 4.07. The summed E-state index contributed by atoms with van der Waals surface area (Å²) in [7, 11) is 3.20. The Bertz CT molecular complexity index is 946. The van der Waals surface area contributed by atoms with E-state index in [1.807, 2.05) is 36.4 Å². The lowest BCUT2D eigenvalue weighted by molar-refractivity contribution is 0.102. The largest absolute Gasteiger partial charge is 0.497 e. The van der Waals surface area contributed by atoms with Crippen molar-refractivity contribution in [3.05, 3.63) is 72.1 Å². The molecule has 0 spiro atoms. The number of hydrogen-bond acceptors (Lipinski definition) is 6. The number of carbonyl (C=O) groups excluding carboxylic acids is 1. The average Bonchev–Trinajstić information content (AvgIpc) is 2.74. The van der Waals surface area contributed by atoms with Crippen LogP contribution in [0.25, 0.3) is 0 Å². The standard InChI is InChI=1S/C21H22N4O3/c1-27-16-7-5-6-15(14-16)10-12-22-21-23-13-11-18(25-21)20(26)24-17-8-3-4-9-19(17)28-2/h3-9,11,13-14H,10,12H2,1-2H3,(H,24,26)(H,22,23,25). The first-order valence-electron chi connectivity index (χ1n) is 8.84. The van der Waals surface area contributed by atoms with Crippen LogP contribution in [0.1, 0.15) is 16.1 Å². The highest BCUT2D eigenvalue weighted by molar-refractivity contribution is 6.03. The van der Waals surface area contributed by atoms with Gasteiger partial charge in [0.1, 0.15) is 17.2 Å². The minimum absolute atomic E-state index is 0.268. The molecule has 0 aliphatic carbocycles. The van der Waals surface area contributed by atoms with E-state index in [-0.39, 0.29) is 11.6 Å². The smallest absolute Gasteiger partial charge is 0.274 e. The Hall–Kier alpha value is -3.61. The molecular weight excluding hydrogens is 356 g/mol. The van der Waals surface area contributed by atoms with Crippen molar-refractivity contribution in [1.29, 1.82) is 0 Å². The number of amides is 1. The zero-order chi connectivity index (χ0) is 19.8. The Kier molecular flexibility index (Phi) is 6.41. The van der Waals surface area contributed by atoms with Gasteiger partial charge < -0.3 is 20.1 Å². The first kappa shape index (κ1) is 19.2. The van der Waals surface area contributed by atoms with Crippen LogP contribution >= 0.6 is 0 Å². The Balaban J connectivity index is 1.61. The van der Waals surface area contributed by atoms with Crippen LogP contribution in [-0.4, -0.2) is 36.6 Å². The van der Waals surface area contributed by atoms with Crippen molar-refractivity contribution in [2.24, 2.45) is 0 Å². The normalized spacial score (nSPS) is 10.2. The third kappa shape index (κ3) is 4.97. The molecule has 0 bridgehead atoms. The summed E-state index contributed by atoms with van der Waals surface area (Å²) in [6.45, 7) is 0.630. The van der Waals surface area contributed by atoms with Gasteiger partial charge in [0.05, 0.1) is 19.9 Å². The van der Waals surface area contributed by atoms with Crippen molar-refractivity contribution < 1.29 is 14.3 Å². The van der Waals surface area contributed by atoms with Gasteiger partial charge in [-0.3, -0.25) is 4.79 Å². The molecule has 0 radical (unpaired) electrons. The lowest BCUT2D eigenvalue weighted by Gasteiger charge is -2.10. The highest BCUT2D eigenvalue weighted by Gasteiger charge is 2.11. The number of aromatic nitrogens is 2. The molecule has 3 aromatic rings. The van der Waals surface area contributed by atoms with E-state index in [1.165, 1.54) is 0 Å². The number of hydrogen-bond donors (Lipinski definition) is 2. The first-order chi connectivity index (χ1) is 13.7. The Morgan fingerprint density at radius 2 is 1.89 bits per heavy atom. The van der Waals surface area contributed by atoms with E-state index < -0.39 is 0 Å². The highest BCUT2D eigenvalue weighted by Crippen LogP contribution is 2.23. The van der Waals surface area contributed by atoms with Gasteiger partial charge in [-0.1, -0.05) is 24.3 Å². The lowest BCUT2D eigenvalue weighted by Crippen LogP contribution is -2.16. The molecule has 3 rings (SSSR count). The zero-order valence-corrected chi connectivity index (χ0v) is 15.8. The Labute approximate surface area is 163 Å². The minimum atomic E-state index is -0.331. The number of anilines is 2. The molecule has 0 unspecified atom stereocenters. The fourth-order valence-electron chi connectivity index (χ4n) is 2.65. The monoisotopic (exact) mass is 378 g/mol. The van der Waals surface area contributed by atoms with Gasteiger partial charge in [0, 0.05) is 12.7 Å². The highest BCUT2D eigenvalue weighted by atomic mass is 16.5. The predicted molar refractivity (Wildman–Crippen MR) is 108 cm³/mol. The van der Waals surface area contributed by atoms with Crippen molar-refractivity contribution in [2.45, 2.75) is 6.42 Å². The molecular formula is C21H22N4O3. The fourth-order valence-corrected chi connectivity index (χ4v) is 2.65. The van der Waals surface area contributed by atoms with Crippen LogP contribution in [0.3, 0.4) is 0 Å². The summed E-state index contributed by atoms with van der Waals surface area (Å²) in [5.74, 6) is 1.48. The minimum Gasteiger partial charge on any atom is -0.497 e. The molecule has 0 atom stereocenters. The number of nitrogens with one attached hydrogen (secondary N) is 2. The quantitative estimate of drug-likeness (QED) is 0.625. The Morgan fingerprint density at radius 3 is 2.71 bits per heavy atom. The first-order valence-corrected chi connectivity index (χ1v) is 8.84. The van der Waals surface area contributed by atoms with Crippen LogP contribution in [0, 0.1) is 0 Å². The molecule has 0 aliphatic rings. The summed E-state index contributed by atoms with van der Waals surface area (Å²) >= 11 is 0. The summed E-state index contributed by atoms with van der Waals surface area (Å²) in [6.07, 6.45) is 2.33. The molecule has 28 heavy (non-hydrogen) atoms. The maximum atomic E-state index is 12.5. The summed E-state index contributed by atoms with van der Waals surface area (Å²) < 4.78 is 10.5. The van der Waals surface area contributed by atoms with Crippen molar-refractivity contribution in [1.82, 2.24) is 9.97 Å². The van der Waals surface area contributed by atoms with Crippen LogP contribution in [0.15, 0.2) is 60.8 Å². The number of nitrogens with zero attached hydrogens (tertiary/aromatic N) is 2. The van der Waals surface area contributed by atoms with E-state index in [0.717, 1.165) is 17.7 Å². The molecule has 7 heteroatoms. The molecule has 2 aromatic carbocycles. The number of benzene rings is 2. The number of ether oxygens (including phenoxy) is 2. The fraction of sp³-hybridized carbons (Fsp3) is 0.190. The summed E-state index contributed by atoms with van der Waals surface area (Å²) in [4.78, 5) is 21.0. The predicted octanol–water partition coefficient (Wildman–Crippen LogP) is 3.40. The van der Waals surface area contributed by atoms with Crippen LogP contribution < -0.4 is 20.1 Å². The number of rotatable bonds is 8. The third-order valence-electron chi connectivity index (χ3n) is 4.07. The van der Waals surface area contributed by atoms with Gasteiger partial charge in [-0.2, -0.15) is 0 Å². The van der Waals surface area contributed by atoms with Crippen molar-refractivity contribution in [2.75, 3.05) is 31.4 Å². The second kappa shape index (κ2) is 9.36. The van der Waals surface area contributed by atoms with Gasteiger partial charge in [0.2, 0.25) is 5.95 Å². The van der Waals surface area contributed by atoms with E-state index in [0.29, 0.717) is 23.9 Å². The molecule has 0 saturated carbocycles. The molecule has 2 N–H and O–H groups in total. The van der Waals surface area contributed by atoms with Crippen LogP contribution in [-0.2, 0) is 6.42 Å². The van der Waals surface area contributed by atoms with Gasteiger partial charge in [0.25, 0.3) is 5.91 Å². The van der Waals surface area contributed by atoms with Gasteiger partial charge in [-0.25, -0.2) is 9.97 Å². The average molecular weight is 378 g/mol. The maximum Gasteiger partial charge on any atom is 0.274 e. The molecule has 144 valence electrons. The van der Waals surface area contributed by atoms with Gasteiger partial charge in [0.15, 0.2) is 0 Å². The van der Waals surface area contributed by atoms with Crippen LogP contribution in [0.4, 0.5) is 11.6 Å². The number of methoxy groups -OCH3 is 2. The SMILES string of the molecule is COc1cccc(CCNc2nccc(C(=O)Nc3ccccc3OC)n2)c1. The summed E-state index contributed by atoms with van der Waals surface area (Å²) in [5.41, 5.74) is 1.99. The van der Waals surface area contributed by atoms with E-state index in [2.05, 4.69) is 20.6 Å². The molecule has 7 nitrogen and oxygen atoms in total. The topological polar surface area (TPSA) is 85.4 Å². The van der Waals surface area contributed by atoms with Gasteiger partial charge in [-0.15, -0.1) is 0 Å². The van der Waals surface area contributed by atoms with E-state index in [4.69, 9.17) is 9.47 Å². The van der Waals surface area contributed by atoms with Crippen molar-refractivity contribution >= 4 is 17.5 Å². The molecule has 0 saturated heterocycles. The van der Waals surface area contributed by atoms with Crippen LogP contribution in [0.5, 0.6) is 11.5 Å². The second-order valence-electron chi connectivity index (χ2n) is 5.95. The van der Waals surface area contributed by atoms with E-state index >= 15 is 0 Å². The second-order valence-corrected chi connectivity index (χ2v) is 5.95. The van der Waals surface area contributed by atoms with Crippen LogP contribution in [0.2, 0.25) is 0 Å². The number of carbonyl (C=O) groups is 1. The molecule has 0 fully saturated rings. The molecule has 0 aliphatic heterocycles. The Morgan fingerprint density at radius 1 is 1.04 bits per heavy atom. The van der Waals surface area contributed by atoms with E-state index in [1.54, 1.807) is 38.6 Å². The van der Waals surface area contributed by atoms with Crippen molar-refractivity contribution in [3.63, 3.8) is 0 Å². The van der Waals surface area contributed by atoms with E-state index in [9.17, 15) is 4.79 Å². The van der Waals surface area contributed by atoms with Crippen molar-refractivity contribution in [3.8, 4) is 11.5 Å². The number of para-hydroxylation sites is 2. The molecule has 1 amide bonds. The zero-order valence-electron chi connectivity index (χ0n) is 15.8. The summed E-state index contributed by atoms with van der Waals surface area (Å²) in [5, 5.41) is 5.95. The van der Waals surface area contributed by atoms with Gasteiger partial charge >= 0.3 is 0 Å². The lowest BCUT2D eigenvalue weighted by atomic mass is 10.1. The maximum absolute atomic E-state index is 12.5. The molecule has 1 aromatic heterocycles.